The summed E-state index contributed by atoms with van der Waals surface area (Å²) >= 11 is 0. The first-order valence-electron chi connectivity index (χ1n) is 8.41. The predicted octanol–water partition coefficient (Wildman–Crippen LogP) is 4.74. The summed E-state index contributed by atoms with van der Waals surface area (Å²) in [5.41, 5.74) is 3.73. The van der Waals surface area contributed by atoms with Crippen molar-refractivity contribution in [1.82, 2.24) is 4.90 Å². The van der Waals surface area contributed by atoms with Gasteiger partial charge in [0, 0.05) is 19.3 Å². The lowest BCUT2D eigenvalue weighted by molar-refractivity contribution is -0.105. The number of carbonyl (C=O) groups is 1. The van der Waals surface area contributed by atoms with Crippen molar-refractivity contribution in [2.24, 2.45) is 0 Å². The molecule has 0 aliphatic heterocycles. The van der Waals surface area contributed by atoms with Crippen LogP contribution in [0, 0.1) is 0 Å². The number of rotatable bonds is 7. The van der Waals surface area contributed by atoms with Crippen LogP contribution in [0.25, 0.3) is 0 Å². The highest BCUT2D eigenvalue weighted by atomic mass is 16.5. The Kier molecular flexibility index (Phi) is 7.43. The molecule has 0 saturated heterocycles. The van der Waals surface area contributed by atoms with Crippen LogP contribution in [-0.2, 0) is 16.1 Å². The van der Waals surface area contributed by atoms with E-state index >= 15 is 0 Å². The summed E-state index contributed by atoms with van der Waals surface area (Å²) in [7, 11) is 2.06. The van der Waals surface area contributed by atoms with E-state index in [9.17, 15) is 4.79 Å². The van der Waals surface area contributed by atoms with E-state index in [2.05, 4.69) is 37.1 Å². The van der Waals surface area contributed by atoms with Crippen molar-refractivity contribution in [3.8, 4) is 0 Å². The molecule has 132 valence electrons. The van der Waals surface area contributed by atoms with Crippen molar-refractivity contribution in [2.75, 3.05) is 7.05 Å². The van der Waals surface area contributed by atoms with E-state index in [1.54, 1.807) is 0 Å². The van der Waals surface area contributed by atoms with E-state index in [4.69, 9.17) is 4.74 Å². The molecule has 1 rings (SSSR count). The van der Waals surface area contributed by atoms with E-state index in [-0.39, 0.29) is 11.7 Å². The SMILES string of the molecule is C/C(=C/C(=C(/C)C=O)C(C)OC(C)(C)C)N(C)Cc1ccccc1. The summed E-state index contributed by atoms with van der Waals surface area (Å²) in [6, 6.07) is 10.3. The summed E-state index contributed by atoms with van der Waals surface area (Å²) in [6.45, 7) is 12.8. The molecule has 24 heavy (non-hydrogen) atoms. The van der Waals surface area contributed by atoms with Gasteiger partial charge >= 0.3 is 0 Å². The molecule has 3 nitrogen and oxygen atoms in total. The second-order valence-electron chi connectivity index (χ2n) is 7.26. The van der Waals surface area contributed by atoms with Gasteiger partial charge in [0.2, 0.25) is 0 Å². The normalized spacial score (nSPS) is 14.9. The van der Waals surface area contributed by atoms with Gasteiger partial charge in [0.25, 0.3) is 0 Å². The molecule has 0 saturated carbocycles. The lowest BCUT2D eigenvalue weighted by atomic mass is 10.0. The minimum atomic E-state index is -0.258. The number of allylic oxidation sites excluding steroid dienone is 2. The molecule has 0 fully saturated rings. The fraction of sp³-hybridized carbons (Fsp3) is 0.476. The van der Waals surface area contributed by atoms with Crippen molar-refractivity contribution in [2.45, 2.75) is 59.8 Å². The summed E-state index contributed by atoms with van der Waals surface area (Å²) in [6.07, 6.45) is 2.82. The molecule has 3 heteroatoms. The van der Waals surface area contributed by atoms with Gasteiger partial charge in [-0.3, -0.25) is 4.79 Å². The first-order valence-corrected chi connectivity index (χ1v) is 8.41. The predicted molar refractivity (Wildman–Crippen MR) is 101 cm³/mol. The van der Waals surface area contributed by atoms with Gasteiger partial charge in [0.15, 0.2) is 0 Å². The molecule has 0 heterocycles. The number of hydrogen-bond acceptors (Lipinski definition) is 3. The highest BCUT2D eigenvalue weighted by Gasteiger charge is 2.19. The highest BCUT2D eigenvalue weighted by molar-refractivity contribution is 5.75. The first kappa shape index (κ1) is 20.2. The number of nitrogens with zero attached hydrogens (tertiary/aromatic N) is 1. The van der Waals surface area contributed by atoms with Crippen LogP contribution in [0.4, 0.5) is 0 Å². The maximum absolute atomic E-state index is 11.3. The van der Waals surface area contributed by atoms with Gasteiger partial charge in [-0.25, -0.2) is 0 Å². The average molecular weight is 329 g/mol. The molecule has 1 aromatic carbocycles. The van der Waals surface area contributed by atoms with E-state index in [1.165, 1.54) is 5.56 Å². The molecule has 0 N–H and O–H groups in total. The molecule has 0 aliphatic carbocycles. The van der Waals surface area contributed by atoms with Gasteiger partial charge in [0.05, 0.1) is 11.7 Å². The lowest BCUT2D eigenvalue weighted by Crippen LogP contribution is -2.27. The van der Waals surface area contributed by atoms with Crippen LogP contribution in [-0.4, -0.2) is 29.9 Å². The zero-order chi connectivity index (χ0) is 18.3. The summed E-state index contributed by atoms with van der Waals surface area (Å²) < 4.78 is 6.04. The van der Waals surface area contributed by atoms with Crippen LogP contribution in [0.15, 0.2) is 53.3 Å². The summed E-state index contributed by atoms with van der Waals surface area (Å²) in [4.78, 5) is 13.5. The monoisotopic (exact) mass is 329 g/mol. The van der Waals surface area contributed by atoms with E-state index in [0.29, 0.717) is 5.57 Å². The zero-order valence-corrected chi connectivity index (χ0v) is 16.1. The van der Waals surface area contributed by atoms with Gasteiger partial charge in [0.1, 0.15) is 6.29 Å². The van der Waals surface area contributed by atoms with Gasteiger partial charge in [-0.2, -0.15) is 0 Å². The van der Waals surface area contributed by atoms with Crippen molar-refractivity contribution in [3.05, 3.63) is 58.8 Å². The molecule has 0 spiro atoms. The van der Waals surface area contributed by atoms with E-state index in [0.717, 1.165) is 24.1 Å². The van der Waals surface area contributed by atoms with Crippen LogP contribution in [0.2, 0.25) is 0 Å². The van der Waals surface area contributed by atoms with Gasteiger partial charge in [-0.1, -0.05) is 30.3 Å². The van der Waals surface area contributed by atoms with Crippen molar-refractivity contribution in [3.63, 3.8) is 0 Å². The van der Waals surface area contributed by atoms with Crippen LogP contribution >= 0.6 is 0 Å². The van der Waals surface area contributed by atoms with E-state index < -0.39 is 0 Å². The lowest BCUT2D eigenvalue weighted by Gasteiger charge is -2.28. The Morgan fingerprint density at radius 3 is 2.29 bits per heavy atom. The number of ether oxygens (including phenoxy) is 1. The van der Waals surface area contributed by atoms with Crippen LogP contribution in [0.5, 0.6) is 0 Å². The second kappa shape index (κ2) is 8.84. The number of aldehydes is 1. The molecule has 0 bridgehead atoms. The average Bonchev–Trinajstić information content (AvgIpc) is 2.50. The Balaban J connectivity index is 2.99. The van der Waals surface area contributed by atoms with E-state index in [1.807, 2.05) is 52.8 Å². The fourth-order valence-corrected chi connectivity index (χ4v) is 2.53. The maximum Gasteiger partial charge on any atom is 0.146 e. The van der Waals surface area contributed by atoms with Gasteiger partial charge in [-0.05, 0) is 64.3 Å². The summed E-state index contributed by atoms with van der Waals surface area (Å²) in [5.74, 6) is 0. The zero-order valence-electron chi connectivity index (χ0n) is 16.1. The number of carbonyl (C=O) groups excluding carboxylic acids is 1. The van der Waals surface area contributed by atoms with Crippen molar-refractivity contribution in [1.29, 1.82) is 0 Å². The minimum absolute atomic E-state index is 0.143. The Hall–Kier alpha value is -1.87. The maximum atomic E-state index is 11.3. The van der Waals surface area contributed by atoms with Gasteiger partial charge < -0.3 is 9.64 Å². The first-order chi connectivity index (χ1) is 11.1. The van der Waals surface area contributed by atoms with Gasteiger partial charge in [-0.15, -0.1) is 0 Å². The third kappa shape index (κ3) is 6.71. The molecule has 1 aromatic rings. The fourth-order valence-electron chi connectivity index (χ4n) is 2.53. The Labute approximate surface area is 147 Å². The standard InChI is InChI=1S/C21H31NO2/c1-16(15-23)20(18(3)24-21(4,5)6)13-17(2)22(7)14-19-11-9-8-10-12-19/h8-13,15,18H,14H2,1-7H3/b17-13-,20-16+. The van der Waals surface area contributed by atoms with Crippen LogP contribution in [0.3, 0.4) is 0 Å². The van der Waals surface area contributed by atoms with Crippen molar-refractivity contribution >= 4 is 6.29 Å². The molecular weight excluding hydrogens is 298 g/mol. The molecule has 0 amide bonds. The minimum Gasteiger partial charge on any atom is -0.374 e. The number of benzene rings is 1. The molecular formula is C21H31NO2. The Morgan fingerprint density at radius 1 is 1.21 bits per heavy atom. The Bertz CT molecular complexity index is 594. The third-order valence-corrected chi connectivity index (χ3v) is 3.83. The van der Waals surface area contributed by atoms with Crippen molar-refractivity contribution < 1.29 is 9.53 Å². The van der Waals surface area contributed by atoms with Crippen LogP contribution < -0.4 is 0 Å². The molecule has 0 radical (unpaired) electrons. The number of hydrogen-bond donors (Lipinski definition) is 0. The summed E-state index contributed by atoms with van der Waals surface area (Å²) in [5, 5.41) is 0. The molecule has 0 aliphatic rings. The third-order valence-electron chi connectivity index (χ3n) is 3.83. The smallest absolute Gasteiger partial charge is 0.146 e. The Morgan fingerprint density at radius 2 is 1.79 bits per heavy atom. The highest BCUT2D eigenvalue weighted by Crippen LogP contribution is 2.21. The van der Waals surface area contributed by atoms with Crippen LogP contribution in [0.1, 0.15) is 47.1 Å². The second-order valence-corrected chi connectivity index (χ2v) is 7.26. The molecule has 0 aromatic heterocycles. The quantitative estimate of drug-likeness (QED) is 0.411. The topological polar surface area (TPSA) is 29.5 Å². The molecule has 1 atom stereocenters. The largest absolute Gasteiger partial charge is 0.374 e. The molecule has 1 unspecified atom stereocenters.